The number of nitrogens with zero attached hydrogens (tertiary/aromatic N) is 2. The number of hydrogen-bond acceptors (Lipinski definition) is 5. The van der Waals surface area contributed by atoms with Crippen LogP contribution in [0.3, 0.4) is 0 Å². The predicted octanol–water partition coefficient (Wildman–Crippen LogP) is 4.47. The van der Waals surface area contributed by atoms with Gasteiger partial charge in [0.1, 0.15) is 11.8 Å². The number of anilines is 1. The minimum atomic E-state index is -3.57. The maximum absolute atomic E-state index is 13.5. The fourth-order valence-electron chi connectivity index (χ4n) is 3.92. The minimum Gasteiger partial charge on any atom is -0.497 e. The quantitative estimate of drug-likeness (QED) is 0.373. The number of methoxy groups -OCH3 is 1. The van der Waals surface area contributed by atoms with Crippen molar-refractivity contribution < 1.29 is 22.7 Å². The molecule has 2 aromatic carbocycles. The molecule has 0 saturated carbocycles. The van der Waals surface area contributed by atoms with Gasteiger partial charge in [-0.25, -0.2) is 8.42 Å². The molecule has 1 atom stereocenters. The van der Waals surface area contributed by atoms with Gasteiger partial charge in [-0.1, -0.05) is 44.5 Å². The number of amides is 2. The second kappa shape index (κ2) is 14.2. The Morgan fingerprint density at radius 2 is 1.78 bits per heavy atom. The second-order valence-electron chi connectivity index (χ2n) is 9.35. The summed E-state index contributed by atoms with van der Waals surface area (Å²) in [5, 5.41) is 3.44. The first kappa shape index (κ1) is 30.4. The average Bonchev–Trinajstić information content (AvgIpc) is 2.85. The van der Waals surface area contributed by atoms with E-state index in [1.807, 2.05) is 45.0 Å². The summed E-state index contributed by atoms with van der Waals surface area (Å²) < 4.78 is 31.4. The Labute approximate surface area is 226 Å². The number of nitrogens with one attached hydrogen (secondary N) is 1. The van der Waals surface area contributed by atoms with Crippen LogP contribution in [-0.4, -0.2) is 57.6 Å². The summed E-state index contributed by atoms with van der Waals surface area (Å²) >= 11 is 5.95. The van der Waals surface area contributed by atoms with Gasteiger partial charge in [0.05, 0.1) is 19.1 Å². The predicted molar refractivity (Wildman–Crippen MR) is 148 cm³/mol. The Kier molecular flexibility index (Phi) is 11.7. The Hall–Kier alpha value is -2.78. The third-order valence-corrected chi connectivity index (χ3v) is 7.27. The van der Waals surface area contributed by atoms with Crippen molar-refractivity contribution in [2.24, 2.45) is 5.92 Å². The molecule has 0 aliphatic rings. The van der Waals surface area contributed by atoms with E-state index in [2.05, 4.69) is 5.32 Å². The molecule has 204 valence electrons. The van der Waals surface area contributed by atoms with Crippen LogP contribution in [0.4, 0.5) is 5.69 Å². The van der Waals surface area contributed by atoms with Gasteiger partial charge < -0.3 is 15.0 Å². The van der Waals surface area contributed by atoms with Crippen molar-refractivity contribution >= 4 is 39.1 Å². The molecule has 2 rings (SSSR count). The normalized spacial score (nSPS) is 12.2. The van der Waals surface area contributed by atoms with Crippen LogP contribution in [0.25, 0.3) is 0 Å². The average molecular weight is 552 g/mol. The van der Waals surface area contributed by atoms with E-state index in [1.165, 1.54) is 4.31 Å². The second-order valence-corrected chi connectivity index (χ2v) is 11.7. The Balaban J connectivity index is 2.22. The lowest BCUT2D eigenvalue weighted by atomic mass is 10.1. The standard InChI is InChI=1S/C27H38ClN3O5S/c1-6-25(27(33)29-18-20(2)3)30(19-21-9-7-10-24(17-21)36-4)26(32)11-8-16-31(37(5,34)35)23-14-12-22(28)13-15-23/h7,9-10,12-15,17,20,25H,6,8,11,16,18-19H2,1-5H3,(H,29,33)/t25-/m1/s1. The Bertz CT molecular complexity index is 1140. The molecule has 0 spiro atoms. The number of ether oxygens (including phenoxy) is 1. The van der Waals surface area contributed by atoms with Crippen molar-refractivity contribution in [3.05, 3.63) is 59.1 Å². The van der Waals surface area contributed by atoms with Crippen molar-refractivity contribution in [2.75, 3.05) is 30.8 Å². The summed E-state index contributed by atoms with van der Waals surface area (Å²) in [6.45, 7) is 6.76. The van der Waals surface area contributed by atoms with Crippen molar-refractivity contribution in [1.29, 1.82) is 0 Å². The first-order chi connectivity index (χ1) is 17.5. The zero-order valence-corrected chi connectivity index (χ0v) is 23.8. The van der Waals surface area contributed by atoms with Crippen LogP contribution >= 0.6 is 11.6 Å². The molecule has 0 aliphatic carbocycles. The van der Waals surface area contributed by atoms with Gasteiger partial charge in [-0.15, -0.1) is 0 Å². The number of benzene rings is 2. The van der Waals surface area contributed by atoms with Crippen LogP contribution in [-0.2, 0) is 26.2 Å². The molecule has 0 radical (unpaired) electrons. The lowest BCUT2D eigenvalue weighted by Gasteiger charge is -2.31. The zero-order chi connectivity index (χ0) is 27.6. The highest BCUT2D eigenvalue weighted by Crippen LogP contribution is 2.22. The smallest absolute Gasteiger partial charge is 0.242 e. The number of halogens is 1. The van der Waals surface area contributed by atoms with E-state index >= 15 is 0 Å². The number of hydrogen-bond donors (Lipinski definition) is 1. The fraction of sp³-hybridized carbons (Fsp3) is 0.481. The van der Waals surface area contributed by atoms with Crippen LogP contribution in [0.2, 0.25) is 5.02 Å². The first-order valence-corrected chi connectivity index (χ1v) is 14.6. The third kappa shape index (κ3) is 9.55. The van der Waals surface area contributed by atoms with E-state index in [1.54, 1.807) is 36.3 Å². The molecule has 0 aliphatic heterocycles. The van der Waals surface area contributed by atoms with Crippen molar-refractivity contribution in [3.63, 3.8) is 0 Å². The van der Waals surface area contributed by atoms with E-state index in [0.717, 1.165) is 11.8 Å². The number of carbonyl (C=O) groups excluding carboxylic acids is 2. The topological polar surface area (TPSA) is 96.0 Å². The number of sulfonamides is 1. The van der Waals surface area contributed by atoms with E-state index in [4.69, 9.17) is 16.3 Å². The molecule has 0 heterocycles. The highest BCUT2D eigenvalue weighted by molar-refractivity contribution is 7.92. The molecule has 2 aromatic rings. The molecule has 0 fully saturated rings. The van der Waals surface area contributed by atoms with Crippen LogP contribution in [0.5, 0.6) is 5.75 Å². The van der Waals surface area contributed by atoms with Gasteiger partial charge in [-0.3, -0.25) is 13.9 Å². The molecule has 10 heteroatoms. The van der Waals surface area contributed by atoms with Gasteiger partial charge in [0.15, 0.2) is 0 Å². The molecule has 0 saturated heterocycles. The SMILES string of the molecule is CC[C@H](C(=O)NCC(C)C)N(Cc1cccc(OC)c1)C(=O)CCCN(c1ccc(Cl)cc1)S(C)(=O)=O. The molecular formula is C27H38ClN3O5S. The molecule has 0 aromatic heterocycles. The van der Waals surface area contributed by atoms with E-state index in [-0.39, 0.29) is 43.7 Å². The summed E-state index contributed by atoms with van der Waals surface area (Å²) in [5.41, 5.74) is 1.31. The molecule has 0 bridgehead atoms. The van der Waals surface area contributed by atoms with Gasteiger partial charge in [0.25, 0.3) is 0 Å². The monoisotopic (exact) mass is 551 g/mol. The molecule has 2 amide bonds. The van der Waals surface area contributed by atoms with Gasteiger partial charge in [0, 0.05) is 31.1 Å². The number of carbonyl (C=O) groups is 2. The lowest BCUT2D eigenvalue weighted by molar-refractivity contribution is -0.141. The molecule has 0 unspecified atom stereocenters. The van der Waals surface area contributed by atoms with Crippen LogP contribution in [0.1, 0.15) is 45.6 Å². The zero-order valence-electron chi connectivity index (χ0n) is 22.2. The van der Waals surface area contributed by atoms with Crippen LogP contribution in [0.15, 0.2) is 48.5 Å². The summed E-state index contributed by atoms with van der Waals surface area (Å²) in [6, 6.07) is 13.2. The first-order valence-electron chi connectivity index (χ1n) is 12.4. The third-order valence-electron chi connectivity index (χ3n) is 5.82. The molecule has 37 heavy (non-hydrogen) atoms. The van der Waals surface area contributed by atoms with Crippen LogP contribution < -0.4 is 14.4 Å². The van der Waals surface area contributed by atoms with E-state index in [9.17, 15) is 18.0 Å². The summed E-state index contributed by atoms with van der Waals surface area (Å²) in [7, 11) is -1.99. The van der Waals surface area contributed by atoms with Crippen molar-refractivity contribution in [2.45, 2.75) is 52.6 Å². The maximum Gasteiger partial charge on any atom is 0.242 e. The fourth-order valence-corrected chi connectivity index (χ4v) is 5.01. The van der Waals surface area contributed by atoms with Crippen molar-refractivity contribution in [3.8, 4) is 5.75 Å². The Morgan fingerprint density at radius 1 is 1.11 bits per heavy atom. The molecular weight excluding hydrogens is 514 g/mol. The van der Waals surface area contributed by atoms with Gasteiger partial charge >= 0.3 is 0 Å². The van der Waals surface area contributed by atoms with E-state index < -0.39 is 16.1 Å². The maximum atomic E-state index is 13.5. The summed E-state index contributed by atoms with van der Waals surface area (Å²) in [6.07, 6.45) is 1.94. The largest absolute Gasteiger partial charge is 0.497 e. The highest BCUT2D eigenvalue weighted by atomic mass is 35.5. The van der Waals surface area contributed by atoms with Gasteiger partial charge in [-0.2, -0.15) is 0 Å². The molecule has 1 N–H and O–H groups in total. The minimum absolute atomic E-state index is 0.0809. The van der Waals surface area contributed by atoms with Crippen LogP contribution in [0, 0.1) is 5.92 Å². The number of rotatable bonds is 14. The molecule has 8 nitrogen and oxygen atoms in total. The van der Waals surface area contributed by atoms with Crippen molar-refractivity contribution in [1.82, 2.24) is 10.2 Å². The Morgan fingerprint density at radius 3 is 2.35 bits per heavy atom. The lowest BCUT2D eigenvalue weighted by Crippen LogP contribution is -2.49. The highest BCUT2D eigenvalue weighted by Gasteiger charge is 2.29. The summed E-state index contributed by atoms with van der Waals surface area (Å²) in [5.74, 6) is 0.512. The summed E-state index contributed by atoms with van der Waals surface area (Å²) in [4.78, 5) is 28.1. The van der Waals surface area contributed by atoms with E-state index in [0.29, 0.717) is 29.4 Å². The van der Waals surface area contributed by atoms with Gasteiger partial charge in [-0.05, 0) is 60.7 Å². The van der Waals surface area contributed by atoms with Gasteiger partial charge in [0.2, 0.25) is 21.8 Å².